The van der Waals surface area contributed by atoms with E-state index in [1.165, 1.54) is 12.1 Å². The Kier molecular flexibility index (Phi) is 6.49. The van der Waals surface area contributed by atoms with Crippen LogP contribution in [-0.2, 0) is 11.8 Å². The number of imidazole rings is 1. The molecule has 0 radical (unpaired) electrons. The average Bonchev–Trinajstić information content (AvgIpc) is 3.08. The lowest BCUT2D eigenvalue weighted by molar-refractivity contribution is -0.121. The van der Waals surface area contributed by atoms with Crippen LogP contribution in [-0.4, -0.2) is 34.5 Å². The number of hydrogen-bond acceptors (Lipinski definition) is 5. The Morgan fingerprint density at radius 2 is 1.84 bits per heavy atom. The number of Topliss-reactive ketones (excluding diaryl/α,β-unsaturated/α-hetero) is 1. The van der Waals surface area contributed by atoms with Crippen LogP contribution in [0.15, 0.2) is 54.9 Å². The number of hydrogen-bond donors (Lipinski definition) is 1. The second-order valence-electron chi connectivity index (χ2n) is 7.58. The second-order valence-corrected chi connectivity index (χ2v) is 7.58. The number of nitrogens with one attached hydrogen (secondary N) is 1. The average molecular weight is 437 g/mol. The fourth-order valence-electron chi connectivity index (χ4n) is 3.55. The van der Waals surface area contributed by atoms with E-state index >= 15 is 0 Å². The lowest BCUT2D eigenvalue weighted by atomic mass is 10.0. The number of nitrogens with zero attached hydrogens (tertiary/aromatic N) is 2. The van der Waals surface area contributed by atoms with Crippen molar-refractivity contribution in [3.8, 4) is 11.5 Å². The first-order valence-electron chi connectivity index (χ1n) is 10.5. The molecule has 7 nitrogen and oxygen atoms in total. The van der Waals surface area contributed by atoms with Gasteiger partial charge < -0.3 is 19.4 Å². The third-order valence-electron chi connectivity index (χ3n) is 5.27. The van der Waals surface area contributed by atoms with Crippen LogP contribution in [0, 0.1) is 5.82 Å². The first-order valence-corrected chi connectivity index (χ1v) is 10.5. The van der Waals surface area contributed by atoms with Crippen LogP contribution in [0.2, 0.25) is 0 Å². The topological polar surface area (TPSA) is 82.5 Å². The van der Waals surface area contributed by atoms with Crippen molar-refractivity contribution >= 4 is 11.7 Å². The summed E-state index contributed by atoms with van der Waals surface area (Å²) in [5.41, 5.74) is 1.17. The number of benzene rings is 2. The Morgan fingerprint density at radius 1 is 1.09 bits per heavy atom. The Morgan fingerprint density at radius 3 is 2.56 bits per heavy atom. The summed E-state index contributed by atoms with van der Waals surface area (Å²) in [4.78, 5) is 29.7. The van der Waals surface area contributed by atoms with E-state index in [1.807, 2.05) is 7.05 Å². The molecule has 166 valence electrons. The van der Waals surface area contributed by atoms with Gasteiger partial charge in [-0.05, 0) is 35.9 Å². The van der Waals surface area contributed by atoms with Crippen LogP contribution in [0.4, 0.5) is 4.39 Å². The minimum atomic E-state index is -0.559. The van der Waals surface area contributed by atoms with Crippen molar-refractivity contribution < 1.29 is 23.5 Å². The molecule has 2 heterocycles. The summed E-state index contributed by atoms with van der Waals surface area (Å²) in [5.74, 6) is 0.952. The number of aromatic nitrogens is 2. The SMILES string of the molecule is Cn1ccnc1[C@H](NC(=O)CCC(=O)c1ccc2c(c1)OCCCO2)c1ccc(F)cc1. The molecule has 0 saturated carbocycles. The minimum absolute atomic E-state index is 0.00932. The van der Waals surface area contributed by atoms with Gasteiger partial charge >= 0.3 is 0 Å². The number of ether oxygens (including phenoxy) is 2. The largest absolute Gasteiger partial charge is 0.490 e. The third-order valence-corrected chi connectivity index (χ3v) is 5.27. The second kappa shape index (κ2) is 9.64. The Hall–Kier alpha value is -3.68. The molecule has 1 aliphatic rings. The van der Waals surface area contributed by atoms with E-state index in [4.69, 9.17) is 9.47 Å². The van der Waals surface area contributed by atoms with Gasteiger partial charge in [0, 0.05) is 44.3 Å². The number of rotatable bonds is 7. The van der Waals surface area contributed by atoms with Gasteiger partial charge in [-0.3, -0.25) is 9.59 Å². The number of amides is 1. The molecule has 0 aliphatic carbocycles. The van der Waals surface area contributed by atoms with E-state index in [2.05, 4.69) is 10.3 Å². The van der Waals surface area contributed by atoms with Crippen LogP contribution in [0.5, 0.6) is 11.5 Å². The normalized spacial score (nSPS) is 13.8. The summed E-state index contributed by atoms with van der Waals surface area (Å²) in [6.45, 7) is 1.11. The lowest BCUT2D eigenvalue weighted by Gasteiger charge is -2.19. The molecule has 0 bridgehead atoms. The standard InChI is InChI=1S/C24H24FN3O4/c1-28-12-11-26-24(28)23(16-3-6-18(25)7-4-16)27-22(30)10-8-19(29)17-5-9-20-21(15-17)32-14-2-13-31-20/h3-7,9,11-12,15,23H,2,8,10,13-14H2,1H3,(H,27,30)/t23-/m1/s1. The third kappa shape index (κ3) is 4.96. The molecule has 1 amide bonds. The van der Waals surface area contributed by atoms with Crippen molar-refractivity contribution in [2.24, 2.45) is 7.05 Å². The highest BCUT2D eigenvalue weighted by Crippen LogP contribution is 2.31. The van der Waals surface area contributed by atoms with E-state index in [-0.39, 0.29) is 30.3 Å². The Bertz CT molecular complexity index is 1110. The predicted molar refractivity (Wildman–Crippen MR) is 115 cm³/mol. The lowest BCUT2D eigenvalue weighted by Crippen LogP contribution is -2.31. The van der Waals surface area contributed by atoms with Crippen molar-refractivity contribution in [2.45, 2.75) is 25.3 Å². The molecule has 2 aromatic carbocycles. The fraction of sp³-hybridized carbons (Fsp3) is 0.292. The highest BCUT2D eigenvalue weighted by Gasteiger charge is 2.22. The van der Waals surface area contributed by atoms with Crippen molar-refractivity contribution in [1.29, 1.82) is 0 Å². The van der Waals surface area contributed by atoms with Gasteiger partial charge in [-0.25, -0.2) is 9.37 Å². The maximum absolute atomic E-state index is 13.4. The van der Waals surface area contributed by atoms with Crippen molar-refractivity contribution in [3.05, 3.63) is 77.6 Å². The molecule has 8 heteroatoms. The van der Waals surface area contributed by atoms with E-state index in [0.717, 1.165) is 6.42 Å². The summed E-state index contributed by atoms with van der Waals surface area (Å²) in [6, 6.07) is 10.4. The number of fused-ring (bicyclic) bond motifs is 1. The first kappa shape index (κ1) is 21.5. The quantitative estimate of drug-likeness (QED) is 0.572. The van der Waals surface area contributed by atoms with Crippen molar-refractivity contribution in [3.63, 3.8) is 0 Å². The van der Waals surface area contributed by atoms with E-state index in [0.29, 0.717) is 41.7 Å². The van der Waals surface area contributed by atoms with E-state index in [1.54, 1.807) is 47.3 Å². The smallest absolute Gasteiger partial charge is 0.221 e. The molecule has 4 rings (SSSR count). The Labute approximate surface area is 185 Å². The maximum atomic E-state index is 13.4. The zero-order valence-corrected chi connectivity index (χ0v) is 17.7. The molecule has 0 spiro atoms. The zero-order chi connectivity index (χ0) is 22.5. The van der Waals surface area contributed by atoms with Crippen LogP contribution in [0.1, 0.15) is 47.1 Å². The number of halogens is 1. The molecular weight excluding hydrogens is 413 g/mol. The molecular formula is C24H24FN3O4. The van der Waals surface area contributed by atoms with Gasteiger partial charge in [0.2, 0.25) is 5.91 Å². The predicted octanol–water partition coefficient (Wildman–Crippen LogP) is 3.59. The number of aryl methyl sites for hydroxylation is 1. The number of ketones is 1. The van der Waals surface area contributed by atoms with E-state index in [9.17, 15) is 14.0 Å². The van der Waals surface area contributed by atoms with Crippen molar-refractivity contribution in [1.82, 2.24) is 14.9 Å². The molecule has 1 aromatic heterocycles. The summed E-state index contributed by atoms with van der Waals surface area (Å²) in [5, 5.41) is 2.92. The highest BCUT2D eigenvalue weighted by atomic mass is 19.1. The van der Waals surface area contributed by atoms with Crippen LogP contribution in [0.3, 0.4) is 0 Å². The van der Waals surface area contributed by atoms with Crippen LogP contribution in [0.25, 0.3) is 0 Å². The van der Waals surface area contributed by atoms with E-state index < -0.39 is 6.04 Å². The Balaban J connectivity index is 1.42. The molecule has 0 fully saturated rings. The molecule has 1 aliphatic heterocycles. The fourth-order valence-corrected chi connectivity index (χ4v) is 3.55. The molecule has 32 heavy (non-hydrogen) atoms. The van der Waals surface area contributed by atoms with Gasteiger partial charge in [0.1, 0.15) is 17.7 Å². The first-order chi connectivity index (χ1) is 15.5. The molecule has 0 unspecified atom stereocenters. The number of carbonyl (C=O) groups excluding carboxylic acids is 2. The molecule has 0 saturated heterocycles. The van der Waals surface area contributed by atoms with Gasteiger partial charge in [0.25, 0.3) is 0 Å². The molecule has 1 N–H and O–H groups in total. The molecule has 3 aromatic rings. The summed E-state index contributed by atoms with van der Waals surface area (Å²) >= 11 is 0. The monoisotopic (exact) mass is 437 g/mol. The van der Waals surface area contributed by atoms with Gasteiger partial charge in [-0.2, -0.15) is 0 Å². The minimum Gasteiger partial charge on any atom is -0.490 e. The van der Waals surface area contributed by atoms with Crippen LogP contribution >= 0.6 is 0 Å². The van der Waals surface area contributed by atoms with Crippen LogP contribution < -0.4 is 14.8 Å². The van der Waals surface area contributed by atoms with Gasteiger partial charge in [0.05, 0.1) is 13.2 Å². The maximum Gasteiger partial charge on any atom is 0.221 e. The summed E-state index contributed by atoms with van der Waals surface area (Å²) in [6.07, 6.45) is 4.23. The summed E-state index contributed by atoms with van der Waals surface area (Å²) < 4.78 is 26.4. The van der Waals surface area contributed by atoms with Crippen molar-refractivity contribution in [2.75, 3.05) is 13.2 Å². The summed E-state index contributed by atoms with van der Waals surface area (Å²) in [7, 11) is 1.82. The highest BCUT2D eigenvalue weighted by molar-refractivity contribution is 5.98. The van der Waals surface area contributed by atoms with Gasteiger partial charge in [0.15, 0.2) is 17.3 Å². The van der Waals surface area contributed by atoms with Gasteiger partial charge in [-0.1, -0.05) is 12.1 Å². The zero-order valence-electron chi connectivity index (χ0n) is 17.7. The number of carbonyl (C=O) groups is 2. The molecule has 1 atom stereocenters. The van der Waals surface area contributed by atoms with Gasteiger partial charge in [-0.15, -0.1) is 0 Å².